The van der Waals surface area contributed by atoms with Crippen LogP contribution in [0.15, 0.2) is 24.8 Å². The van der Waals surface area contributed by atoms with E-state index in [1.807, 2.05) is 0 Å². The number of piperidine rings is 1. The van der Waals surface area contributed by atoms with Gasteiger partial charge in [-0.1, -0.05) is 15.9 Å². The molecule has 2 aromatic rings. The Morgan fingerprint density at radius 1 is 1.03 bits per heavy atom. The molecule has 2 aromatic heterocycles. The van der Waals surface area contributed by atoms with E-state index in [9.17, 15) is 25.3 Å². The van der Waals surface area contributed by atoms with Crippen LogP contribution in [0.5, 0.6) is 0 Å². The van der Waals surface area contributed by atoms with Crippen molar-refractivity contribution in [2.75, 3.05) is 25.0 Å². The molecule has 0 saturated carbocycles. The third kappa shape index (κ3) is 8.16. The summed E-state index contributed by atoms with van der Waals surface area (Å²) in [7, 11) is 0. The second-order valence-electron chi connectivity index (χ2n) is 6.93. The van der Waals surface area contributed by atoms with Crippen molar-refractivity contribution >= 4 is 27.3 Å². The Morgan fingerprint density at radius 3 is 2.07 bits per heavy atom. The number of nitro groups is 2. The van der Waals surface area contributed by atoms with Gasteiger partial charge in [0.05, 0.1) is 16.0 Å². The van der Waals surface area contributed by atoms with Crippen molar-refractivity contribution in [2.24, 2.45) is 0 Å². The van der Waals surface area contributed by atoms with Gasteiger partial charge in [-0.2, -0.15) is 10.2 Å². The summed E-state index contributed by atoms with van der Waals surface area (Å²) in [4.78, 5) is 22.1. The lowest BCUT2D eigenvalue weighted by Crippen LogP contribution is -2.38. The molecule has 1 unspecified atom stereocenters. The second kappa shape index (κ2) is 12.3. The average Bonchev–Trinajstić information content (AvgIpc) is 3.37. The minimum Gasteiger partial charge on any atom is -0.392 e. The largest absolute Gasteiger partial charge is 0.392 e. The quantitative estimate of drug-likeness (QED) is 0.321. The van der Waals surface area contributed by atoms with Crippen LogP contribution in [0.4, 0.5) is 11.4 Å². The highest BCUT2D eigenvalue weighted by Gasteiger charge is 2.17. The minimum absolute atomic E-state index is 0.0309. The third-order valence-electron chi connectivity index (χ3n) is 4.52. The van der Waals surface area contributed by atoms with Crippen molar-refractivity contribution in [2.45, 2.75) is 44.9 Å². The number of rotatable bonds is 9. The van der Waals surface area contributed by atoms with Crippen LogP contribution in [-0.4, -0.2) is 70.5 Å². The van der Waals surface area contributed by atoms with Gasteiger partial charge >= 0.3 is 11.4 Å². The lowest BCUT2D eigenvalue weighted by Gasteiger charge is -2.29. The van der Waals surface area contributed by atoms with Gasteiger partial charge in [-0.05, 0) is 38.8 Å². The average molecular weight is 488 g/mol. The molecule has 12 nitrogen and oxygen atoms in total. The summed E-state index contributed by atoms with van der Waals surface area (Å²) in [5.41, 5.74) is 0.0768. The minimum atomic E-state index is -0.447. The van der Waals surface area contributed by atoms with E-state index in [-0.39, 0.29) is 17.5 Å². The predicted molar refractivity (Wildman–Crippen MR) is 112 cm³/mol. The van der Waals surface area contributed by atoms with Crippen LogP contribution in [0.25, 0.3) is 0 Å². The molecule has 13 heteroatoms. The second-order valence-corrected chi connectivity index (χ2v) is 7.72. The molecule has 1 atom stereocenters. The zero-order valence-electron chi connectivity index (χ0n) is 16.5. The molecule has 1 saturated heterocycles. The molecule has 0 aliphatic carbocycles. The molecule has 0 radical (unpaired) electrons. The summed E-state index contributed by atoms with van der Waals surface area (Å²) in [5.74, 6) is 0. The Kier molecular flexibility index (Phi) is 9.83. The van der Waals surface area contributed by atoms with E-state index >= 15 is 0 Å². The van der Waals surface area contributed by atoms with Gasteiger partial charge in [0, 0.05) is 25.0 Å². The number of aliphatic hydroxyl groups is 1. The number of nitrogens with zero attached hydrogens (tertiary/aromatic N) is 7. The Hall–Kier alpha value is -2.38. The molecule has 0 spiro atoms. The maximum atomic E-state index is 10.5. The molecule has 3 rings (SSSR count). The molecule has 3 heterocycles. The van der Waals surface area contributed by atoms with Crippen LogP contribution in [-0.2, 0) is 13.1 Å². The lowest BCUT2D eigenvalue weighted by atomic mass is 10.1. The van der Waals surface area contributed by atoms with Crippen LogP contribution in [0.3, 0.4) is 0 Å². The fraction of sp³-hybridized carbons (Fsp3) is 0.647. The molecule has 0 bridgehead atoms. The summed E-state index contributed by atoms with van der Waals surface area (Å²) in [6, 6.07) is 0. The monoisotopic (exact) mass is 487 g/mol. The summed E-state index contributed by atoms with van der Waals surface area (Å²) in [5, 5.41) is 38.9. The Balaban J connectivity index is 0.000000232. The van der Waals surface area contributed by atoms with Crippen molar-refractivity contribution in [3.8, 4) is 0 Å². The van der Waals surface area contributed by atoms with E-state index in [0.29, 0.717) is 13.1 Å². The number of alkyl halides is 1. The predicted octanol–water partition coefficient (Wildman–Crippen LogP) is 2.21. The van der Waals surface area contributed by atoms with E-state index < -0.39 is 9.85 Å². The van der Waals surface area contributed by atoms with Crippen LogP contribution in [0.1, 0.15) is 25.7 Å². The third-order valence-corrected chi connectivity index (χ3v) is 5.08. The van der Waals surface area contributed by atoms with Crippen molar-refractivity contribution in [1.29, 1.82) is 0 Å². The van der Waals surface area contributed by atoms with Crippen molar-refractivity contribution in [1.82, 2.24) is 24.5 Å². The summed E-state index contributed by atoms with van der Waals surface area (Å²) in [6.07, 6.45) is 8.93. The Morgan fingerprint density at radius 2 is 1.60 bits per heavy atom. The number of aromatic nitrogens is 4. The van der Waals surface area contributed by atoms with Gasteiger partial charge in [-0.25, -0.2) is 0 Å². The molecule has 30 heavy (non-hydrogen) atoms. The SMILES string of the molecule is O=[N+]([O-])c1cnn(CCCBr)c1.O=[N+]([O-])c1cnn(CCCN2CCCC(O)C2)c1. The zero-order valence-corrected chi connectivity index (χ0v) is 18.1. The highest BCUT2D eigenvalue weighted by molar-refractivity contribution is 9.09. The van der Waals surface area contributed by atoms with E-state index in [1.165, 1.54) is 24.8 Å². The van der Waals surface area contributed by atoms with E-state index in [0.717, 1.165) is 50.6 Å². The molecule has 1 aliphatic rings. The summed E-state index contributed by atoms with van der Waals surface area (Å²) >= 11 is 3.27. The number of hydrogen-bond donors (Lipinski definition) is 1. The van der Waals surface area contributed by atoms with Crippen LogP contribution in [0.2, 0.25) is 0 Å². The van der Waals surface area contributed by atoms with E-state index in [4.69, 9.17) is 0 Å². The first-order valence-corrected chi connectivity index (χ1v) is 10.8. The molecule has 166 valence electrons. The van der Waals surface area contributed by atoms with Crippen LogP contribution >= 0.6 is 15.9 Å². The highest BCUT2D eigenvalue weighted by Crippen LogP contribution is 2.11. The first-order chi connectivity index (χ1) is 14.4. The molecule has 1 aliphatic heterocycles. The highest BCUT2D eigenvalue weighted by atomic mass is 79.9. The number of aryl methyl sites for hydroxylation is 2. The Labute approximate surface area is 181 Å². The van der Waals surface area contributed by atoms with Gasteiger partial charge in [0.15, 0.2) is 0 Å². The molecule has 1 fully saturated rings. The van der Waals surface area contributed by atoms with Gasteiger partial charge in [-0.15, -0.1) is 0 Å². The normalized spacial score (nSPS) is 16.7. The summed E-state index contributed by atoms with van der Waals surface area (Å²) < 4.78 is 3.16. The maximum Gasteiger partial charge on any atom is 0.306 e. The fourth-order valence-corrected chi connectivity index (χ4v) is 3.30. The maximum absolute atomic E-state index is 10.5. The number of likely N-dealkylation sites (tertiary alicyclic amines) is 1. The zero-order chi connectivity index (χ0) is 21.9. The fourth-order valence-electron chi connectivity index (χ4n) is 3.05. The number of halogens is 1. The molecule has 0 amide bonds. The van der Waals surface area contributed by atoms with Gasteiger partial charge < -0.3 is 10.0 Å². The Bertz CT molecular complexity index is 812. The number of hydrogen-bond acceptors (Lipinski definition) is 8. The van der Waals surface area contributed by atoms with Crippen molar-refractivity contribution in [3.63, 3.8) is 0 Å². The number of aliphatic hydroxyl groups excluding tert-OH is 1. The van der Waals surface area contributed by atoms with Gasteiger partial charge in [0.1, 0.15) is 24.8 Å². The van der Waals surface area contributed by atoms with Gasteiger partial charge in [-0.3, -0.25) is 29.6 Å². The standard InChI is InChI=1S/C11H18N4O3.C6H8BrN3O2/c16-11-3-1-4-13(9-11)5-2-6-14-8-10(7-12-14)15(17)18;7-2-1-3-9-5-6(4-8-9)10(11)12/h7-8,11,16H,1-6,9H2;4-5H,1-3H2. The number of β-amino-alcohol motifs (C(OH)–C–C–N with tert-alkyl or cyclic N) is 1. The van der Waals surface area contributed by atoms with Crippen molar-refractivity contribution in [3.05, 3.63) is 45.0 Å². The topological polar surface area (TPSA) is 145 Å². The van der Waals surface area contributed by atoms with E-state index in [2.05, 4.69) is 31.0 Å². The van der Waals surface area contributed by atoms with Gasteiger partial charge in [0.2, 0.25) is 0 Å². The molecular formula is C17H26BrN7O5. The summed E-state index contributed by atoms with van der Waals surface area (Å²) in [6.45, 7) is 4.03. The molecule has 0 aromatic carbocycles. The molecular weight excluding hydrogens is 462 g/mol. The first-order valence-electron chi connectivity index (χ1n) is 9.69. The van der Waals surface area contributed by atoms with Crippen LogP contribution in [0, 0.1) is 20.2 Å². The van der Waals surface area contributed by atoms with Crippen molar-refractivity contribution < 1.29 is 15.0 Å². The molecule has 1 N–H and O–H groups in total. The van der Waals surface area contributed by atoms with Gasteiger partial charge in [0.25, 0.3) is 0 Å². The van der Waals surface area contributed by atoms with E-state index in [1.54, 1.807) is 9.36 Å². The smallest absolute Gasteiger partial charge is 0.306 e. The van der Waals surface area contributed by atoms with Crippen LogP contribution < -0.4 is 0 Å². The lowest BCUT2D eigenvalue weighted by molar-refractivity contribution is -0.385. The first kappa shape index (κ1) is 23.9.